The molecule has 1 aromatic carbocycles. The molecule has 1 fully saturated rings. The van der Waals surface area contributed by atoms with Crippen molar-refractivity contribution >= 4 is 17.4 Å². The molecule has 1 atom stereocenters. The average Bonchev–Trinajstić information content (AvgIpc) is 2.42. The van der Waals surface area contributed by atoms with Gasteiger partial charge in [0, 0.05) is 16.6 Å². The first kappa shape index (κ1) is 14.5. The molecule has 0 bridgehead atoms. The van der Waals surface area contributed by atoms with Crippen molar-refractivity contribution in [2.24, 2.45) is 0 Å². The lowest BCUT2D eigenvalue weighted by Crippen LogP contribution is -2.42. The lowest BCUT2D eigenvalue weighted by molar-refractivity contribution is 0.0831. The number of likely N-dealkylation sites (tertiary alicyclic amines) is 1. The lowest BCUT2D eigenvalue weighted by Gasteiger charge is -2.35. The fourth-order valence-electron chi connectivity index (χ4n) is 2.84. The van der Waals surface area contributed by atoms with E-state index in [4.69, 9.17) is 11.6 Å². The first-order valence-corrected chi connectivity index (χ1v) is 7.61. The highest BCUT2D eigenvalue weighted by Gasteiger charge is 2.23. The molecule has 1 saturated heterocycles. The number of carbonyl (C=O) groups excluding carboxylic acids is 1. The van der Waals surface area contributed by atoms with E-state index in [0.717, 1.165) is 12.1 Å². The van der Waals surface area contributed by atoms with Gasteiger partial charge in [-0.25, -0.2) is 0 Å². The third kappa shape index (κ3) is 4.05. The number of ketones is 1. The molecule has 19 heavy (non-hydrogen) atoms. The number of Topliss-reactive ketones (excluding diaryl/α,β-unsaturated/α-hetero) is 1. The number of hydrogen-bond donors (Lipinski definition) is 0. The van der Waals surface area contributed by atoms with Gasteiger partial charge in [-0.3, -0.25) is 9.69 Å². The molecule has 2 rings (SSSR count). The van der Waals surface area contributed by atoms with E-state index in [9.17, 15) is 4.79 Å². The lowest BCUT2D eigenvalue weighted by atomic mass is 9.97. The van der Waals surface area contributed by atoms with Crippen molar-refractivity contribution in [2.45, 2.75) is 45.1 Å². The van der Waals surface area contributed by atoms with Crippen LogP contribution in [0, 0.1) is 0 Å². The topological polar surface area (TPSA) is 20.3 Å². The normalized spacial score (nSPS) is 20.4. The Kier molecular flexibility index (Phi) is 5.41. The van der Waals surface area contributed by atoms with E-state index in [2.05, 4.69) is 11.8 Å². The minimum atomic E-state index is 0.208. The van der Waals surface area contributed by atoms with Gasteiger partial charge in [-0.2, -0.15) is 0 Å². The van der Waals surface area contributed by atoms with Gasteiger partial charge in [0.05, 0.1) is 6.54 Å². The number of nitrogens with zero attached hydrogens (tertiary/aromatic N) is 1. The summed E-state index contributed by atoms with van der Waals surface area (Å²) in [6.45, 7) is 3.82. The first-order valence-electron chi connectivity index (χ1n) is 7.23. The van der Waals surface area contributed by atoms with Crippen molar-refractivity contribution in [3.05, 3.63) is 34.9 Å². The van der Waals surface area contributed by atoms with Gasteiger partial charge < -0.3 is 0 Å². The summed E-state index contributed by atoms with van der Waals surface area (Å²) in [4.78, 5) is 14.7. The predicted molar refractivity (Wildman–Crippen MR) is 79.9 cm³/mol. The number of hydrogen-bond acceptors (Lipinski definition) is 2. The molecular weight excluding hydrogens is 258 g/mol. The van der Waals surface area contributed by atoms with E-state index < -0.39 is 0 Å². The Hall–Kier alpha value is -0.860. The van der Waals surface area contributed by atoms with Crippen LogP contribution in [0.3, 0.4) is 0 Å². The Balaban J connectivity index is 1.98. The van der Waals surface area contributed by atoms with Crippen molar-refractivity contribution in [3.63, 3.8) is 0 Å². The molecule has 1 aromatic rings. The average molecular weight is 280 g/mol. The van der Waals surface area contributed by atoms with Crippen molar-refractivity contribution in [2.75, 3.05) is 13.1 Å². The quantitative estimate of drug-likeness (QED) is 0.754. The van der Waals surface area contributed by atoms with E-state index in [1.54, 1.807) is 12.1 Å². The monoisotopic (exact) mass is 279 g/mol. The Bertz CT molecular complexity index is 413. The third-order valence-corrected chi connectivity index (χ3v) is 4.14. The van der Waals surface area contributed by atoms with Gasteiger partial charge in [0.25, 0.3) is 0 Å². The fraction of sp³-hybridized carbons (Fsp3) is 0.562. The molecule has 3 heteroatoms. The first-order chi connectivity index (χ1) is 9.20. The summed E-state index contributed by atoms with van der Waals surface area (Å²) in [5.74, 6) is 0.208. The summed E-state index contributed by atoms with van der Waals surface area (Å²) in [6.07, 6.45) is 6.15. The van der Waals surface area contributed by atoms with Crippen molar-refractivity contribution in [1.82, 2.24) is 4.90 Å². The molecule has 0 aromatic heterocycles. The maximum atomic E-state index is 12.3. The van der Waals surface area contributed by atoms with E-state index in [1.165, 1.54) is 32.1 Å². The van der Waals surface area contributed by atoms with Crippen LogP contribution < -0.4 is 0 Å². The van der Waals surface area contributed by atoms with E-state index in [-0.39, 0.29) is 5.78 Å². The molecule has 1 aliphatic rings. The number of carbonyl (C=O) groups is 1. The summed E-state index contributed by atoms with van der Waals surface area (Å²) in [5, 5.41) is 0.679. The van der Waals surface area contributed by atoms with Crippen LogP contribution in [0.1, 0.15) is 49.4 Å². The second kappa shape index (κ2) is 7.06. The molecule has 0 amide bonds. The zero-order valence-electron chi connectivity index (χ0n) is 11.6. The summed E-state index contributed by atoms with van der Waals surface area (Å²) < 4.78 is 0. The number of halogens is 1. The number of rotatable bonds is 5. The maximum Gasteiger partial charge on any atom is 0.176 e. The standard InChI is InChI=1S/C16H22ClNO/c1-2-5-15-6-3-4-11-18(15)12-16(19)13-7-9-14(17)10-8-13/h7-10,15H,2-6,11-12H2,1H3. The molecule has 1 aliphatic heterocycles. The largest absolute Gasteiger partial charge is 0.293 e. The van der Waals surface area contributed by atoms with Gasteiger partial charge in [-0.05, 0) is 50.1 Å². The van der Waals surface area contributed by atoms with Crippen molar-refractivity contribution in [1.29, 1.82) is 0 Å². The molecule has 0 radical (unpaired) electrons. The molecular formula is C16H22ClNO. The van der Waals surface area contributed by atoms with Crippen LogP contribution in [0.25, 0.3) is 0 Å². The van der Waals surface area contributed by atoms with Crippen LogP contribution in [0.2, 0.25) is 5.02 Å². The van der Waals surface area contributed by atoms with Crippen molar-refractivity contribution in [3.8, 4) is 0 Å². The molecule has 2 nitrogen and oxygen atoms in total. The summed E-state index contributed by atoms with van der Waals surface area (Å²) in [5.41, 5.74) is 0.769. The van der Waals surface area contributed by atoms with Crippen LogP contribution >= 0.6 is 11.6 Å². The summed E-state index contributed by atoms with van der Waals surface area (Å²) >= 11 is 5.85. The minimum absolute atomic E-state index is 0.208. The van der Waals surface area contributed by atoms with Crippen molar-refractivity contribution < 1.29 is 4.79 Å². The Morgan fingerprint density at radius 1 is 1.32 bits per heavy atom. The second-order valence-corrected chi connectivity index (χ2v) is 5.78. The fourth-order valence-corrected chi connectivity index (χ4v) is 2.97. The van der Waals surface area contributed by atoms with Gasteiger partial charge in [-0.1, -0.05) is 31.4 Å². The van der Waals surface area contributed by atoms with Crippen LogP contribution in [0.5, 0.6) is 0 Å². The molecule has 0 N–H and O–H groups in total. The smallest absolute Gasteiger partial charge is 0.176 e. The maximum absolute atomic E-state index is 12.3. The highest BCUT2D eigenvalue weighted by atomic mass is 35.5. The Morgan fingerprint density at radius 3 is 2.74 bits per heavy atom. The van der Waals surface area contributed by atoms with Gasteiger partial charge in [0.15, 0.2) is 5.78 Å². The number of piperidine rings is 1. The minimum Gasteiger partial charge on any atom is -0.293 e. The molecule has 0 saturated carbocycles. The summed E-state index contributed by atoms with van der Waals surface area (Å²) in [6, 6.07) is 7.81. The number of benzene rings is 1. The van der Waals surface area contributed by atoms with Gasteiger partial charge >= 0.3 is 0 Å². The second-order valence-electron chi connectivity index (χ2n) is 5.34. The molecule has 1 unspecified atom stereocenters. The van der Waals surface area contributed by atoms with Crippen LogP contribution in [0.4, 0.5) is 0 Å². The van der Waals surface area contributed by atoms with Crippen LogP contribution in [-0.4, -0.2) is 29.8 Å². The molecule has 104 valence electrons. The molecule has 0 aliphatic carbocycles. The van der Waals surface area contributed by atoms with Crippen LogP contribution in [-0.2, 0) is 0 Å². The molecule has 0 spiro atoms. The Labute approximate surface area is 120 Å². The van der Waals surface area contributed by atoms with Gasteiger partial charge in [0.2, 0.25) is 0 Å². The predicted octanol–water partition coefficient (Wildman–Crippen LogP) is 4.18. The SMILES string of the molecule is CCCC1CCCCN1CC(=O)c1ccc(Cl)cc1. The highest BCUT2D eigenvalue weighted by Crippen LogP contribution is 2.21. The van der Waals surface area contributed by atoms with Crippen LogP contribution in [0.15, 0.2) is 24.3 Å². The van der Waals surface area contributed by atoms with E-state index >= 15 is 0 Å². The zero-order chi connectivity index (χ0) is 13.7. The van der Waals surface area contributed by atoms with Gasteiger partial charge in [0.1, 0.15) is 0 Å². The zero-order valence-corrected chi connectivity index (χ0v) is 12.3. The Morgan fingerprint density at radius 2 is 2.05 bits per heavy atom. The van der Waals surface area contributed by atoms with E-state index in [1.807, 2.05) is 12.1 Å². The van der Waals surface area contributed by atoms with Gasteiger partial charge in [-0.15, -0.1) is 0 Å². The summed E-state index contributed by atoms with van der Waals surface area (Å²) in [7, 11) is 0. The molecule has 1 heterocycles. The highest BCUT2D eigenvalue weighted by molar-refractivity contribution is 6.30. The third-order valence-electron chi connectivity index (χ3n) is 3.88. The van der Waals surface area contributed by atoms with E-state index in [0.29, 0.717) is 17.6 Å².